The van der Waals surface area contributed by atoms with Crippen molar-refractivity contribution >= 4 is 39.6 Å². The quantitative estimate of drug-likeness (QED) is 0.362. The number of halogens is 2. The van der Waals surface area contributed by atoms with E-state index in [1.54, 1.807) is 18.4 Å². The number of alkyl halides is 1. The minimum atomic E-state index is 0.601. The summed E-state index contributed by atoms with van der Waals surface area (Å²) in [6.45, 7) is 0. The Morgan fingerprint density at radius 2 is 2.31 bits per heavy atom. The van der Waals surface area contributed by atoms with Crippen molar-refractivity contribution in [3.8, 4) is 5.75 Å². The molecule has 0 unspecified atom stereocenters. The van der Waals surface area contributed by atoms with Crippen molar-refractivity contribution in [2.24, 2.45) is 0 Å². The molecule has 1 aromatic carbocycles. The molecular formula is C8H8BrClO2S. The van der Waals surface area contributed by atoms with Crippen LogP contribution in [0.15, 0.2) is 18.2 Å². The Labute approximate surface area is 94.8 Å². The van der Waals surface area contributed by atoms with Gasteiger partial charge in [0.2, 0.25) is 0 Å². The molecule has 0 bridgehead atoms. The highest BCUT2D eigenvalue weighted by atomic mass is 79.9. The summed E-state index contributed by atoms with van der Waals surface area (Å²) in [6, 6.07) is 5.41. The van der Waals surface area contributed by atoms with Crippen LogP contribution in [0.4, 0.5) is 0 Å². The topological polar surface area (TPSA) is 18.5 Å². The summed E-state index contributed by atoms with van der Waals surface area (Å²) in [4.78, 5) is 4.90. The summed E-state index contributed by atoms with van der Waals surface area (Å²) in [5, 5.41) is 1.40. The van der Waals surface area contributed by atoms with Gasteiger partial charge in [-0.2, -0.15) is 0 Å². The Kier molecular flexibility index (Phi) is 4.94. The summed E-state index contributed by atoms with van der Waals surface area (Å²) < 4.78 is 4.69. The second-order valence-corrected chi connectivity index (χ2v) is 3.64. The van der Waals surface area contributed by atoms with E-state index in [9.17, 15) is 0 Å². The lowest BCUT2D eigenvalue weighted by Crippen LogP contribution is -1.89. The van der Waals surface area contributed by atoms with Gasteiger partial charge in [0.1, 0.15) is 0 Å². The molecule has 0 atom stereocenters. The van der Waals surface area contributed by atoms with Gasteiger partial charge in [0.15, 0.2) is 5.75 Å². The third-order valence-corrected chi connectivity index (χ3v) is 2.53. The highest BCUT2D eigenvalue weighted by molar-refractivity contribution is 9.08. The Morgan fingerprint density at radius 3 is 2.85 bits per heavy atom. The van der Waals surface area contributed by atoms with Crippen LogP contribution in [0.2, 0.25) is 5.02 Å². The molecule has 72 valence electrons. The van der Waals surface area contributed by atoms with Crippen LogP contribution in [-0.4, -0.2) is 6.26 Å². The van der Waals surface area contributed by atoms with E-state index in [-0.39, 0.29) is 0 Å². The summed E-state index contributed by atoms with van der Waals surface area (Å²) in [5.41, 5.74) is 1.03. The van der Waals surface area contributed by atoms with Gasteiger partial charge < -0.3 is 4.89 Å². The Morgan fingerprint density at radius 1 is 1.54 bits per heavy atom. The van der Waals surface area contributed by atoms with Crippen molar-refractivity contribution < 1.29 is 9.22 Å². The molecular weight excluding hydrogens is 276 g/mol. The lowest BCUT2D eigenvalue weighted by atomic mass is 10.2. The number of rotatable bonds is 4. The third kappa shape index (κ3) is 3.38. The van der Waals surface area contributed by atoms with Crippen molar-refractivity contribution in [3.05, 3.63) is 28.8 Å². The van der Waals surface area contributed by atoms with Crippen LogP contribution in [0.1, 0.15) is 5.56 Å². The van der Waals surface area contributed by atoms with E-state index in [2.05, 4.69) is 15.9 Å². The van der Waals surface area contributed by atoms with Gasteiger partial charge in [-0.05, 0) is 11.6 Å². The van der Waals surface area contributed by atoms with E-state index >= 15 is 0 Å². The summed E-state index contributed by atoms with van der Waals surface area (Å²) in [7, 11) is 0. The molecule has 0 amide bonds. The van der Waals surface area contributed by atoms with Gasteiger partial charge in [-0.15, -0.1) is 4.33 Å². The fraction of sp³-hybridized carbons (Fsp3) is 0.250. The molecule has 13 heavy (non-hydrogen) atoms. The predicted molar refractivity (Wildman–Crippen MR) is 59.3 cm³/mol. The molecule has 0 fully saturated rings. The fourth-order valence-electron chi connectivity index (χ4n) is 0.762. The zero-order valence-corrected chi connectivity index (χ0v) is 10.1. The molecule has 0 aliphatic carbocycles. The Hall–Kier alpha value is 0.1000. The standard InChI is InChI=1S/C8H8BrClO2S/c1-13-12-11-7-3-2-6(5-9)8(10)4-7/h2-4H,5H2,1H3. The molecule has 0 radical (unpaired) electrons. The molecule has 0 aliphatic rings. The molecule has 0 aliphatic heterocycles. The van der Waals surface area contributed by atoms with E-state index in [4.69, 9.17) is 20.8 Å². The van der Waals surface area contributed by atoms with E-state index in [0.29, 0.717) is 10.8 Å². The predicted octanol–water partition coefficient (Wildman–Crippen LogP) is 3.82. The maximum atomic E-state index is 5.94. The van der Waals surface area contributed by atoms with Gasteiger partial charge in [0.25, 0.3) is 0 Å². The van der Waals surface area contributed by atoms with Gasteiger partial charge in [0, 0.05) is 34.7 Å². The average Bonchev–Trinajstić information content (AvgIpc) is 2.15. The van der Waals surface area contributed by atoms with Crippen LogP contribution in [0.5, 0.6) is 5.75 Å². The highest BCUT2D eigenvalue weighted by Crippen LogP contribution is 2.24. The van der Waals surface area contributed by atoms with Gasteiger partial charge in [-0.1, -0.05) is 33.6 Å². The molecule has 1 rings (SSSR count). The van der Waals surface area contributed by atoms with Gasteiger partial charge >= 0.3 is 0 Å². The second kappa shape index (κ2) is 5.75. The van der Waals surface area contributed by atoms with Gasteiger partial charge in [-0.25, -0.2) is 0 Å². The lowest BCUT2D eigenvalue weighted by Gasteiger charge is -2.03. The second-order valence-electron chi connectivity index (χ2n) is 2.20. The van der Waals surface area contributed by atoms with Crippen molar-refractivity contribution in [1.29, 1.82) is 0 Å². The molecule has 0 saturated carbocycles. The van der Waals surface area contributed by atoms with Crippen LogP contribution in [-0.2, 0) is 9.66 Å². The smallest absolute Gasteiger partial charge is 0.168 e. The molecule has 0 spiro atoms. The summed E-state index contributed by atoms with van der Waals surface area (Å²) in [5.74, 6) is 0.601. The lowest BCUT2D eigenvalue weighted by molar-refractivity contribution is -0.0770. The van der Waals surface area contributed by atoms with Gasteiger partial charge in [0.05, 0.1) is 0 Å². The average molecular weight is 284 g/mol. The van der Waals surface area contributed by atoms with Crippen LogP contribution >= 0.6 is 39.6 Å². The minimum Gasteiger partial charge on any atom is -0.325 e. The van der Waals surface area contributed by atoms with Crippen molar-refractivity contribution in [2.45, 2.75) is 5.33 Å². The number of hydrogen-bond acceptors (Lipinski definition) is 3. The first-order valence-electron chi connectivity index (χ1n) is 3.49. The zero-order chi connectivity index (χ0) is 9.68. The van der Waals surface area contributed by atoms with Crippen LogP contribution < -0.4 is 4.89 Å². The maximum absolute atomic E-state index is 5.94. The molecule has 2 nitrogen and oxygen atoms in total. The molecule has 0 heterocycles. The third-order valence-electron chi connectivity index (χ3n) is 1.37. The van der Waals surface area contributed by atoms with E-state index in [1.807, 2.05) is 6.07 Å². The highest BCUT2D eigenvalue weighted by Gasteiger charge is 2.01. The van der Waals surface area contributed by atoms with E-state index < -0.39 is 0 Å². The maximum Gasteiger partial charge on any atom is 0.168 e. The Bertz CT molecular complexity index is 283. The first kappa shape index (κ1) is 11.2. The zero-order valence-electron chi connectivity index (χ0n) is 6.92. The fourth-order valence-corrected chi connectivity index (χ4v) is 1.80. The van der Waals surface area contributed by atoms with E-state index in [0.717, 1.165) is 22.9 Å². The molecule has 1 aromatic rings. The first-order chi connectivity index (χ1) is 6.27. The molecule has 0 saturated heterocycles. The van der Waals surface area contributed by atoms with Crippen molar-refractivity contribution in [2.75, 3.05) is 6.26 Å². The first-order valence-corrected chi connectivity index (χ1v) is 6.14. The monoisotopic (exact) mass is 282 g/mol. The largest absolute Gasteiger partial charge is 0.325 e. The molecule has 0 N–H and O–H groups in total. The Balaban J connectivity index is 2.71. The van der Waals surface area contributed by atoms with Crippen LogP contribution in [0.3, 0.4) is 0 Å². The van der Waals surface area contributed by atoms with Crippen molar-refractivity contribution in [1.82, 2.24) is 0 Å². The van der Waals surface area contributed by atoms with Crippen molar-refractivity contribution in [3.63, 3.8) is 0 Å². The molecule has 0 aromatic heterocycles. The van der Waals surface area contributed by atoms with E-state index in [1.165, 1.54) is 0 Å². The number of hydrogen-bond donors (Lipinski definition) is 0. The number of benzene rings is 1. The van der Waals surface area contributed by atoms with Gasteiger partial charge in [-0.3, -0.25) is 0 Å². The van der Waals surface area contributed by atoms with Crippen LogP contribution in [0, 0.1) is 0 Å². The summed E-state index contributed by atoms with van der Waals surface area (Å²) in [6.07, 6.45) is 1.77. The SMILES string of the molecule is CSOOc1ccc(CBr)c(Cl)c1. The minimum absolute atomic E-state index is 0.601. The normalized spacial score (nSPS) is 10.1. The summed E-state index contributed by atoms with van der Waals surface area (Å²) >= 11 is 10.4. The molecule has 5 heteroatoms. The van der Waals surface area contributed by atoms with Crippen LogP contribution in [0.25, 0.3) is 0 Å².